The van der Waals surface area contributed by atoms with E-state index in [0.717, 1.165) is 33.7 Å². The lowest BCUT2D eigenvalue weighted by Crippen LogP contribution is -2.34. The maximum atomic E-state index is 13.4. The zero-order valence-corrected chi connectivity index (χ0v) is 17.5. The van der Waals surface area contributed by atoms with Crippen molar-refractivity contribution in [2.24, 2.45) is 0 Å². The molecule has 1 amide bonds. The van der Waals surface area contributed by atoms with Crippen LogP contribution in [-0.2, 0) is 11.3 Å². The standard InChI is InChI=1S/C25H28N2O2/c1-18-13-14-19(2)23(15-18)26-25(28)24(21-10-6-5-7-11-21)27(3)17-20-9-8-12-22(16-20)29-4/h5-16,24H,17H2,1-4H3,(H,26,28)/t24-/m0/s1. The minimum Gasteiger partial charge on any atom is -0.497 e. The number of hydrogen-bond acceptors (Lipinski definition) is 3. The molecule has 0 saturated carbocycles. The van der Waals surface area contributed by atoms with E-state index in [1.165, 1.54) is 0 Å². The molecule has 0 aliphatic rings. The molecule has 3 aromatic carbocycles. The molecule has 0 bridgehead atoms. The highest BCUT2D eigenvalue weighted by molar-refractivity contribution is 5.96. The normalized spacial score (nSPS) is 11.9. The highest BCUT2D eigenvalue weighted by atomic mass is 16.5. The number of rotatable bonds is 7. The molecular formula is C25H28N2O2. The van der Waals surface area contributed by atoms with E-state index in [2.05, 4.69) is 16.3 Å². The first-order valence-electron chi connectivity index (χ1n) is 9.74. The number of ether oxygens (including phenoxy) is 1. The van der Waals surface area contributed by atoms with Crippen molar-refractivity contribution in [2.75, 3.05) is 19.5 Å². The van der Waals surface area contributed by atoms with E-state index in [0.29, 0.717) is 6.54 Å². The average molecular weight is 389 g/mol. The quantitative estimate of drug-likeness (QED) is 0.610. The van der Waals surface area contributed by atoms with Crippen molar-refractivity contribution < 1.29 is 9.53 Å². The molecule has 0 aromatic heterocycles. The minimum atomic E-state index is -0.415. The molecule has 0 fully saturated rings. The van der Waals surface area contributed by atoms with Gasteiger partial charge in [0.25, 0.3) is 0 Å². The fraction of sp³-hybridized carbons (Fsp3) is 0.240. The molecule has 1 atom stereocenters. The second kappa shape index (κ2) is 9.39. The molecule has 3 rings (SSSR count). The highest BCUT2D eigenvalue weighted by Gasteiger charge is 2.25. The second-order valence-corrected chi connectivity index (χ2v) is 7.39. The molecule has 150 valence electrons. The van der Waals surface area contributed by atoms with Crippen LogP contribution in [0.4, 0.5) is 5.69 Å². The van der Waals surface area contributed by atoms with Gasteiger partial charge in [0.05, 0.1) is 7.11 Å². The van der Waals surface area contributed by atoms with Crippen molar-refractivity contribution in [3.8, 4) is 5.75 Å². The van der Waals surface area contributed by atoms with E-state index in [9.17, 15) is 4.79 Å². The minimum absolute atomic E-state index is 0.0460. The maximum absolute atomic E-state index is 13.4. The molecule has 0 spiro atoms. The van der Waals surface area contributed by atoms with E-state index in [4.69, 9.17) is 4.74 Å². The smallest absolute Gasteiger partial charge is 0.246 e. The number of carbonyl (C=O) groups is 1. The number of methoxy groups -OCH3 is 1. The summed E-state index contributed by atoms with van der Waals surface area (Å²) in [7, 11) is 3.63. The number of nitrogens with one attached hydrogen (secondary N) is 1. The molecule has 0 aliphatic carbocycles. The Hall–Kier alpha value is -3.11. The zero-order valence-electron chi connectivity index (χ0n) is 17.5. The molecule has 0 unspecified atom stereocenters. The van der Waals surface area contributed by atoms with Gasteiger partial charge in [-0.1, -0.05) is 54.6 Å². The van der Waals surface area contributed by atoms with E-state index in [1.807, 2.05) is 87.6 Å². The number of carbonyl (C=O) groups excluding carboxylic acids is 1. The van der Waals surface area contributed by atoms with E-state index < -0.39 is 6.04 Å². The third kappa shape index (κ3) is 5.24. The van der Waals surface area contributed by atoms with Crippen LogP contribution in [0.25, 0.3) is 0 Å². The Morgan fingerprint density at radius 2 is 1.76 bits per heavy atom. The van der Waals surface area contributed by atoms with E-state index in [-0.39, 0.29) is 5.91 Å². The predicted molar refractivity (Wildman–Crippen MR) is 118 cm³/mol. The average Bonchev–Trinajstić information content (AvgIpc) is 2.72. The van der Waals surface area contributed by atoms with Gasteiger partial charge in [-0.05, 0) is 61.3 Å². The van der Waals surface area contributed by atoms with Crippen LogP contribution < -0.4 is 10.1 Å². The van der Waals surface area contributed by atoms with Crippen LogP contribution in [0.15, 0.2) is 72.8 Å². The van der Waals surface area contributed by atoms with Gasteiger partial charge in [0.1, 0.15) is 11.8 Å². The van der Waals surface area contributed by atoms with Crippen molar-refractivity contribution in [1.29, 1.82) is 0 Å². The van der Waals surface area contributed by atoms with Crippen molar-refractivity contribution in [2.45, 2.75) is 26.4 Å². The second-order valence-electron chi connectivity index (χ2n) is 7.39. The summed E-state index contributed by atoms with van der Waals surface area (Å²) in [5.41, 5.74) is 5.07. The molecule has 0 heterocycles. The molecule has 0 aliphatic heterocycles. The summed E-state index contributed by atoms with van der Waals surface area (Å²) in [6, 6.07) is 23.5. The van der Waals surface area contributed by atoms with E-state index >= 15 is 0 Å². The number of anilines is 1. The lowest BCUT2D eigenvalue weighted by atomic mass is 10.0. The van der Waals surface area contributed by atoms with Gasteiger partial charge in [-0.2, -0.15) is 0 Å². The number of nitrogens with zero attached hydrogens (tertiary/aromatic N) is 1. The Morgan fingerprint density at radius 1 is 1.00 bits per heavy atom. The van der Waals surface area contributed by atoms with Crippen molar-refractivity contribution in [3.05, 3.63) is 95.1 Å². The number of likely N-dealkylation sites (N-methyl/N-ethyl adjacent to an activating group) is 1. The van der Waals surface area contributed by atoms with Crippen LogP contribution in [0.1, 0.15) is 28.3 Å². The summed E-state index contributed by atoms with van der Waals surface area (Å²) < 4.78 is 5.33. The molecule has 1 N–H and O–H groups in total. The first-order valence-corrected chi connectivity index (χ1v) is 9.74. The molecule has 4 heteroatoms. The topological polar surface area (TPSA) is 41.6 Å². The Kier molecular flexibility index (Phi) is 6.68. The van der Waals surface area contributed by atoms with Crippen molar-refractivity contribution in [1.82, 2.24) is 4.90 Å². The third-order valence-corrected chi connectivity index (χ3v) is 5.02. The number of amides is 1. The lowest BCUT2D eigenvalue weighted by Gasteiger charge is -2.28. The van der Waals surface area contributed by atoms with Crippen LogP contribution >= 0.6 is 0 Å². The third-order valence-electron chi connectivity index (χ3n) is 5.02. The summed E-state index contributed by atoms with van der Waals surface area (Å²) in [5, 5.41) is 3.13. The molecule has 0 radical (unpaired) electrons. The summed E-state index contributed by atoms with van der Waals surface area (Å²) in [5.74, 6) is 0.766. The summed E-state index contributed by atoms with van der Waals surface area (Å²) in [6.07, 6.45) is 0. The first kappa shape index (κ1) is 20.6. The molecule has 4 nitrogen and oxygen atoms in total. The monoisotopic (exact) mass is 388 g/mol. The Labute approximate surface area is 173 Å². The number of aryl methyl sites for hydroxylation is 2. The Balaban J connectivity index is 1.87. The van der Waals surface area contributed by atoms with Gasteiger partial charge in [0, 0.05) is 12.2 Å². The van der Waals surface area contributed by atoms with Gasteiger partial charge in [0.15, 0.2) is 0 Å². The zero-order chi connectivity index (χ0) is 20.8. The Bertz CT molecular complexity index is 970. The van der Waals surface area contributed by atoms with E-state index in [1.54, 1.807) is 7.11 Å². The molecule has 3 aromatic rings. The summed E-state index contributed by atoms with van der Waals surface area (Å²) in [4.78, 5) is 15.4. The maximum Gasteiger partial charge on any atom is 0.246 e. The summed E-state index contributed by atoms with van der Waals surface area (Å²) >= 11 is 0. The van der Waals surface area contributed by atoms with Gasteiger partial charge >= 0.3 is 0 Å². The number of hydrogen-bond donors (Lipinski definition) is 1. The van der Waals surface area contributed by atoms with Gasteiger partial charge in [-0.3, -0.25) is 9.69 Å². The largest absolute Gasteiger partial charge is 0.497 e. The Morgan fingerprint density at radius 3 is 2.48 bits per heavy atom. The highest BCUT2D eigenvalue weighted by Crippen LogP contribution is 2.26. The van der Waals surface area contributed by atoms with Gasteiger partial charge in [0.2, 0.25) is 5.91 Å². The first-order chi connectivity index (χ1) is 14.0. The van der Waals surface area contributed by atoms with Crippen LogP contribution in [0.5, 0.6) is 5.75 Å². The molecule has 0 saturated heterocycles. The predicted octanol–water partition coefficient (Wildman–Crippen LogP) is 5.12. The SMILES string of the molecule is COc1cccc(CN(C)[C@H](C(=O)Nc2cc(C)ccc2C)c2ccccc2)c1. The van der Waals surface area contributed by atoms with Gasteiger partial charge in [-0.15, -0.1) is 0 Å². The van der Waals surface area contributed by atoms with Crippen LogP contribution in [-0.4, -0.2) is 25.0 Å². The molecule has 29 heavy (non-hydrogen) atoms. The fourth-order valence-corrected chi connectivity index (χ4v) is 3.46. The van der Waals surface area contributed by atoms with Gasteiger partial charge < -0.3 is 10.1 Å². The van der Waals surface area contributed by atoms with Crippen molar-refractivity contribution in [3.63, 3.8) is 0 Å². The van der Waals surface area contributed by atoms with Gasteiger partial charge in [-0.25, -0.2) is 0 Å². The number of benzene rings is 3. The van der Waals surface area contributed by atoms with Crippen LogP contribution in [0.3, 0.4) is 0 Å². The van der Waals surface area contributed by atoms with Crippen molar-refractivity contribution >= 4 is 11.6 Å². The molecular weight excluding hydrogens is 360 g/mol. The van der Waals surface area contributed by atoms with Crippen LogP contribution in [0, 0.1) is 13.8 Å². The summed E-state index contributed by atoms with van der Waals surface area (Å²) in [6.45, 7) is 4.65. The van der Waals surface area contributed by atoms with Crippen LogP contribution in [0.2, 0.25) is 0 Å². The lowest BCUT2D eigenvalue weighted by molar-refractivity contribution is -0.121. The fourth-order valence-electron chi connectivity index (χ4n) is 3.46.